The number of nitrogens with zero attached hydrogens (tertiary/aromatic N) is 2. The Bertz CT molecular complexity index is 863. The Morgan fingerprint density at radius 2 is 2.00 bits per heavy atom. The first-order chi connectivity index (χ1) is 11.7. The van der Waals surface area contributed by atoms with E-state index >= 15 is 0 Å². The lowest BCUT2D eigenvalue weighted by Crippen LogP contribution is -2.28. The quantitative estimate of drug-likeness (QED) is 0.746. The number of rotatable bonds is 6. The minimum Gasteiger partial charge on any atom is -0.493 e. The number of benzene rings is 1. The second-order valence-corrected chi connectivity index (χ2v) is 5.50. The highest BCUT2D eigenvalue weighted by Gasteiger charge is 2.08. The van der Waals surface area contributed by atoms with E-state index in [1.54, 1.807) is 31.5 Å². The first kappa shape index (κ1) is 16.1. The number of hydrogen-bond donors (Lipinski definition) is 1. The van der Waals surface area contributed by atoms with Crippen molar-refractivity contribution in [1.29, 1.82) is 0 Å². The van der Waals surface area contributed by atoms with Crippen molar-refractivity contribution < 1.29 is 14.3 Å². The van der Waals surface area contributed by atoms with Crippen molar-refractivity contribution in [3.63, 3.8) is 0 Å². The van der Waals surface area contributed by atoms with E-state index < -0.39 is 0 Å². The number of fused-ring (bicyclic) bond motifs is 1. The van der Waals surface area contributed by atoms with Gasteiger partial charge in [0.05, 0.1) is 24.4 Å². The molecule has 0 spiro atoms. The molecule has 1 amide bonds. The molecule has 3 aromatic rings. The molecule has 0 saturated heterocycles. The summed E-state index contributed by atoms with van der Waals surface area (Å²) in [6.07, 6.45) is 3.59. The fraction of sp³-hybridized carbons (Fsp3) is 0.176. The molecule has 1 N–H and O–H groups in total. The third kappa shape index (κ3) is 3.78. The molecule has 124 valence electrons. The van der Waals surface area contributed by atoms with Crippen LogP contribution in [-0.4, -0.2) is 29.0 Å². The van der Waals surface area contributed by atoms with Crippen LogP contribution in [0, 0.1) is 0 Å². The number of amides is 1. The SMILES string of the molecule is COc1ccccc1OCC(=O)NCc1cn2cc(Cl)ccc2n1. The number of methoxy groups -OCH3 is 1. The van der Waals surface area contributed by atoms with E-state index in [0.29, 0.717) is 23.1 Å². The lowest BCUT2D eigenvalue weighted by atomic mass is 10.3. The van der Waals surface area contributed by atoms with Crippen LogP contribution < -0.4 is 14.8 Å². The number of imidazole rings is 1. The highest BCUT2D eigenvalue weighted by atomic mass is 35.5. The molecule has 0 atom stereocenters. The average molecular weight is 346 g/mol. The molecular formula is C17H16ClN3O3. The molecule has 0 aliphatic heterocycles. The highest BCUT2D eigenvalue weighted by molar-refractivity contribution is 6.30. The summed E-state index contributed by atoms with van der Waals surface area (Å²) in [6, 6.07) is 10.8. The molecule has 2 heterocycles. The van der Waals surface area contributed by atoms with Crippen molar-refractivity contribution in [2.75, 3.05) is 13.7 Å². The van der Waals surface area contributed by atoms with Crippen molar-refractivity contribution in [3.05, 3.63) is 59.5 Å². The largest absolute Gasteiger partial charge is 0.493 e. The number of ether oxygens (including phenoxy) is 2. The summed E-state index contributed by atoms with van der Waals surface area (Å²) in [7, 11) is 1.55. The molecule has 0 saturated carbocycles. The molecule has 2 aromatic heterocycles. The van der Waals surface area contributed by atoms with E-state index in [2.05, 4.69) is 10.3 Å². The van der Waals surface area contributed by atoms with Crippen molar-refractivity contribution >= 4 is 23.2 Å². The van der Waals surface area contributed by atoms with E-state index in [-0.39, 0.29) is 12.5 Å². The Balaban J connectivity index is 1.55. The molecule has 0 fully saturated rings. The zero-order valence-corrected chi connectivity index (χ0v) is 13.8. The van der Waals surface area contributed by atoms with Gasteiger partial charge < -0.3 is 19.2 Å². The maximum absolute atomic E-state index is 11.9. The fourth-order valence-corrected chi connectivity index (χ4v) is 2.39. The van der Waals surface area contributed by atoms with E-state index in [1.165, 1.54) is 0 Å². The molecule has 0 aliphatic rings. The van der Waals surface area contributed by atoms with Gasteiger partial charge in [-0.15, -0.1) is 0 Å². The summed E-state index contributed by atoms with van der Waals surface area (Å²) in [6.45, 7) is 0.215. The molecule has 0 radical (unpaired) electrons. The number of carbonyl (C=O) groups is 1. The van der Waals surface area contributed by atoms with Gasteiger partial charge in [0.1, 0.15) is 5.65 Å². The molecule has 0 aliphatic carbocycles. The van der Waals surface area contributed by atoms with Crippen LogP contribution in [-0.2, 0) is 11.3 Å². The molecule has 0 unspecified atom stereocenters. The third-order valence-corrected chi connectivity index (χ3v) is 3.58. The average Bonchev–Trinajstić information content (AvgIpc) is 3.00. The second kappa shape index (κ2) is 7.23. The molecular weight excluding hydrogens is 330 g/mol. The van der Waals surface area contributed by atoms with Gasteiger partial charge in [-0.05, 0) is 24.3 Å². The Labute approximate surface area is 144 Å². The Kier molecular flexibility index (Phi) is 4.86. The number of nitrogens with one attached hydrogen (secondary N) is 1. The first-order valence-electron chi connectivity index (χ1n) is 7.31. The zero-order valence-electron chi connectivity index (χ0n) is 13.0. The number of pyridine rings is 1. The molecule has 24 heavy (non-hydrogen) atoms. The van der Waals surface area contributed by atoms with Gasteiger partial charge in [0.15, 0.2) is 18.1 Å². The van der Waals surface area contributed by atoms with E-state index in [0.717, 1.165) is 11.3 Å². The van der Waals surface area contributed by atoms with Crippen molar-refractivity contribution in [1.82, 2.24) is 14.7 Å². The number of halogens is 1. The number of para-hydroxylation sites is 2. The Morgan fingerprint density at radius 3 is 2.79 bits per heavy atom. The Morgan fingerprint density at radius 1 is 1.21 bits per heavy atom. The number of carbonyl (C=O) groups excluding carboxylic acids is 1. The minimum atomic E-state index is -0.240. The standard InChI is InChI=1S/C17H16ClN3O3/c1-23-14-4-2-3-5-15(14)24-11-17(22)19-8-13-10-21-9-12(18)6-7-16(21)20-13/h2-7,9-10H,8,11H2,1H3,(H,19,22). The second-order valence-electron chi connectivity index (χ2n) is 5.06. The van der Waals surface area contributed by atoms with Gasteiger partial charge >= 0.3 is 0 Å². The van der Waals surface area contributed by atoms with Gasteiger partial charge in [-0.1, -0.05) is 23.7 Å². The molecule has 6 nitrogen and oxygen atoms in total. The smallest absolute Gasteiger partial charge is 0.258 e. The maximum atomic E-state index is 11.9. The van der Waals surface area contributed by atoms with Crippen LogP contribution in [0.2, 0.25) is 5.02 Å². The lowest BCUT2D eigenvalue weighted by molar-refractivity contribution is -0.123. The van der Waals surface area contributed by atoms with Crippen LogP contribution in [0.1, 0.15) is 5.69 Å². The Hall–Kier alpha value is -2.73. The van der Waals surface area contributed by atoms with Crippen molar-refractivity contribution in [3.8, 4) is 11.5 Å². The van der Waals surface area contributed by atoms with Crippen LogP contribution in [0.25, 0.3) is 5.65 Å². The minimum absolute atomic E-state index is 0.0976. The van der Waals surface area contributed by atoms with Crippen LogP contribution >= 0.6 is 11.6 Å². The van der Waals surface area contributed by atoms with E-state index in [4.69, 9.17) is 21.1 Å². The summed E-state index contributed by atoms with van der Waals surface area (Å²) in [5, 5.41) is 3.39. The third-order valence-electron chi connectivity index (χ3n) is 3.36. The van der Waals surface area contributed by atoms with Gasteiger partial charge in [0.2, 0.25) is 0 Å². The molecule has 0 bridgehead atoms. The summed E-state index contributed by atoms with van der Waals surface area (Å²) in [4.78, 5) is 16.3. The van der Waals surface area contributed by atoms with Gasteiger partial charge in [-0.25, -0.2) is 4.98 Å². The molecule has 3 rings (SSSR count). The number of hydrogen-bond acceptors (Lipinski definition) is 4. The van der Waals surface area contributed by atoms with Crippen molar-refractivity contribution in [2.45, 2.75) is 6.54 Å². The lowest BCUT2D eigenvalue weighted by Gasteiger charge is -2.10. The molecule has 1 aromatic carbocycles. The summed E-state index contributed by atoms with van der Waals surface area (Å²) < 4.78 is 12.5. The van der Waals surface area contributed by atoms with Crippen LogP contribution in [0.4, 0.5) is 0 Å². The van der Waals surface area contributed by atoms with E-state index in [9.17, 15) is 4.79 Å². The maximum Gasteiger partial charge on any atom is 0.258 e. The zero-order chi connectivity index (χ0) is 16.9. The van der Waals surface area contributed by atoms with Crippen LogP contribution in [0.3, 0.4) is 0 Å². The van der Waals surface area contributed by atoms with Gasteiger partial charge in [0, 0.05) is 12.4 Å². The summed E-state index contributed by atoms with van der Waals surface area (Å²) >= 11 is 5.93. The number of aromatic nitrogens is 2. The predicted molar refractivity (Wildman–Crippen MR) is 90.5 cm³/mol. The summed E-state index contributed by atoms with van der Waals surface area (Å²) in [5.74, 6) is 0.871. The summed E-state index contributed by atoms with van der Waals surface area (Å²) in [5.41, 5.74) is 1.51. The fourth-order valence-electron chi connectivity index (χ4n) is 2.22. The van der Waals surface area contributed by atoms with Crippen LogP contribution in [0.15, 0.2) is 48.8 Å². The monoisotopic (exact) mass is 345 g/mol. The topological polar surface area (TPSA) is 64.9 Å². The first-order valence-corrected chi connectivity index (χ1v) is 7.69. The van der Waals surface area contributed by atoms with Crippen molar-refractivity contribution in [2.24, 2.45) is 0 Å². The van der Waals surface area contributed by atoms with Gasteiger partial charge in [0.25, 0.3) is 5.91 Å². The molecule has 7 heteroatoms. The highest BCUT2D eigenvalue weighted by Crippen LogP contribution is 2.25. The van der Waals surface area contributed by atoms with Crippen LogP contribution in [0.5, 0.6) is 11.5 Å². The normalized spacial score (nSPS) is 10.6. The van der Waals surface area contributed by atoms with Gasteiger partial charge in [-0.3, -0.25) is 4.79 Å². The van der Waals surface area contributed by atoms with E-state index in [1.807, 2.05) is 28.8 Å². The predicted octanol–water partition coefficient (Wildman–Crippen LogP) is 2.69. The van der Waals surface area contributed by atoms with Gasteiger partial charge in [-0.2, -0.15) is 0 Å².